The molecule has 1 rings (SSSR count). The van der Waals surface area contributed by atoms with E-state index in [9.17, 15) is 8.42 Å². The van der Waals surface area contributed by atoms with Crippen LogP contribution >= 0.6 is 0 Å². The molecule has 0 bridgehead atoms. The van der Waals surface area contributed by atoms with E-state index in [0.717, 1.165) is 19.3 Å². The first-order chi connectivity index (χ1) is 10.7. The van der Waals surface area contributed by atoms with Crippen molar-refractivity contribution in [1.82, 2.24) is 0 Å². The zero-order chi connectivity index (χ0) is 16.1. The highest BCUT2D eigenvalue weighted by atomic mass is 32.2. The highest BCUT2D eigenvalue weighted by Crippen LogP contribution is 2.12. The van der Waals surface area contributed by atoms with E-state index in [1.165, 1.54) is 51.0 Å². The van der Waals surface area contributed by atoms with Crippen molar-refractivity contribution in [3.63, 3.8) is 0 Å². The Kier molecular flexibility index (Phi) is 9.94. The predicted molar refractivity (Wildman–Crippen MR) is 89.1 cm³/mol. The average molecular weight is 324 g/mol. The zero-order valence-corrected chi connectivity index (χ0v) is 14.5. The van der Waals surface area contributed by atoms with Crippen molar-refractivity contribution in [3.05, 3.63) is 30.3 Å². The molecule has 0 heterocycles. The molecule has 0 amide bonds. The Morgan fingerprint density at radius 2 is 1.55 bits per heavy atom. The van der Waals surface area contributed by atoms with E-state index in [4.69, 9.17) is 4.18 Å². The molecule has 0 atom stereocenters. The standard InChI is InChI=1S/C18H28O3S/c1-2-3-4-5-6-7-8-9-10-14-17-21-22(19,20)18-15-12-11-13-16-18/h11-12,15H,2-10,14,17H2,1H3. The van der Waals surface area contributed by atoms with Crippen LogP contribution in [0.15, 0.2) is 23.1 Å². The Hall–Kier alpha value is -1.05. The van der Waals surface area contributed by atoms with Gasteiger partial charge in [0.15, 0.2) is 0 Å². The molecule has 0 radical (unpaired) electrons. The maximum absolute atomic E-state index is 11.8. The van der Waals surface area contributed by atoms with E-state index in [0.29, 0.717) is 0 Å². The fourth-order valence-corrected chi connectivity index (χ4v) is 3.20. The van der Waals surface area contributed by atoms with Crippen LogP contribution in [0.3, 0.4) is 0 Å². The molecule has 0 spiro atoms. The SMILES string of the molecule is CCCCCCCCCCCCOS(=O)(=O)c1c#cccc1. The minimum absolute atomic E-state index is 0.0575. The fourth-order valence-electron chi connectivity index (χ4n) is 2.31. The molecular weight excluding hydrogens is 296 g/mol. The van der Waals surface area contributed by atoms with Crippen LogP contribution in [0.5, 0.6) is 0 Å². The zero-order valence-electron chi connectivity index (χ0n) is 13.6. The molecule has 0 aromatic heterocycles. The Morgan fingerprint density at radius 1 is 0.955 bits per heavy atom. The third kappa shape index (κ3) is 8.41. The topological polar surface area (TPSA) is 43.4 Å². The largest absolute Gasteiger partial charge is 0.305 e. The van der Waals surface area contributed by atoms with Crippen LogP contribution in [-0.2, 0) is 14.3 Å². The summed E-state index contributed by atoms with van der Waals surface area (Å²) < 4.78 is 28.6. The molecule has 0 saturated carbocycles. The van der Waals surface area contributed by atoms with Gasteiger partial charge in [0, 0.05) is 0 Å². The summed E-state index contributed by atoms with van der Waals surface area (Å²) in [6.07, 6.45) is 12.2. The van der Waals surface area contributed by atoms with Crippen LogP contribution in [0, 0.1) is 12.1 Å². The van der Waals surface area contributed by atoms with E-state index in [1.54, 1.807) is 12.1 Å². The van der Waals surface area contributed by atoms with Gasteiger partial charge in [0.1, 0.15) is 4.90 Å². The molecule has 0 unspecified atom stereocenters. The van der Waals surface area contributed by atoms with E-state index < -0.39 is 10.1 Å². The quantitative estimate of drug-likeness (QED) is 0.382. The summed E-state index contributed by atoms with van der Waals surface area (Å²) >= 11 is 0. The number of hydrogen-bond donors (Lipinski definition) is 0. The van der Waals surface area contributed by atoms with E-state index in [1.807, 2.05) is 0 Å². The molecule has 1 aromatic carbocycles. The van der Waals surface area contributed by atoms with Gasteiger partial charge in [0.2, 0.25) is 0 Å². The second-order valence-corrected chi connectivity index (χ2v) is 7.20. The van der Waals surface area contributed by atoms with Gasteiger partial charge < -0.3 is 0 Å². The summed E-state index contributed by atoms with van der Waals surface area (Å²) in [4.78, 5) is 0.0575. The van der Waals surface area contributed by atoms with Gasteiger partial charge in [-0.25, -0.2) is 0 Å². The normalized spacial score (nSPS) is 11.3. The lowest BCUT2D eigenvalue weighted by molar-refractivity contribution is 0.306. The predicted octanol–water partition coefficient (Wildman–Crippen LogP) is 4.91. The van der Waals surface area contributed by atoms with Crippen molar-refractivity contribution in [2.75, 3.05) is 6.61 Å². The maximum atomic E-state index is 11.8. The summed E-state index contributed by atoms with van der Waals surface area (Å²) in [6.45, 7) is 2.48. The van der Waals surface area contributed by atoms with Crippen molar-refractivity contribution >= 4 is 10.1 Å². The minimum atomic E-state index is -3.66. The summed E-state index contributed by atoms with van der Waals surface area (Å²) in [7, 11) is -3.66. The van der Waals surface area contributed by atoms with Crippen LogP contribution in [0.25, 0.3) is 0 Å². The number of hydrogen-bond acceptors (Lipinski definition) is 3. The van der Waals surface area contributed by atoms with Gasteiger partial charge in [0.25, 0.3) is 0 Å². The summed E-state index contributed by atoms with van der Waals surface area (Å²) in [5.41, 5.74) is 0. The fraction of sp³-hybridized carbons (Fsp3) is 0.667. The Morgan fingerprint density at radius 3 is 2.09 bits per heavy atom. The number of rotatable bonds is 13. The van der Waals surface area contributed by atoms with Crippen LogP contribution < -0.4 is 0 Å². The van der Waals surface area contributed by atoms with Crippen LogP contribution in [0.4, 0.5) is 0 Å². The molecule has 0 N–H and O–H groups in total. The summed E-state index contributed by atoms with van der Waals surface area (Å²) in [5.74, 6) is 0. The Balaban J connectivity index is 1.99. The molecule has 124 valence electrons. The van der Waals surface area contributed by atoms with Gasteiger partial charge in [-0.05, 0) is 24.6 Å². The first-order valence-corrected chi connectivity index (χ1v) is 9.85. The molecule has 3 nitrogen and oxygen atoms in total. The maximum Gasteiger partial charge on any atom is 0.305 e. The first kappa shape index (κ1) is 19.0. The van der Waals surface area contributed by atoms with E-state index in [2.05, 4.69) is 19.1 Å². The smallest absolute Gasteiger partial charge is 0.266 e. The van der Waals surface area contributed by atoms with Crippen molar-refractivity contribution < 1.29 is 12.6 Å². The average Bonchev–Trinajstić information content (AvgIpc) is 2.53. The van der Waals surface area contributed by atoms with E-state index in [-0.39, 0.29) is 11.5 Å². The third-order valence-corrected chi connectivity index (χ3v) is 4.88. The van der Waals surface area contributed by atoms with Gasteiger partial charge in [-0.1, -0.05) is 76.8 Å². The van der Waals surface area contributed by atoms with Crippen LogP contribution in [0.1, 0.15) is 71.1 Å². The molecule has 4 heteroatoms. The highest BCUT2D eigenvalue weighted by molar-refractivity contribution is 7.86. The lowest BCUT2D eigenvalue weighted by atomic mass is 10.1. The molecule has 1 aromatic rings. The summed E-state index contributed by atoms with van der Waals surface area (Å²) in [6, 6.07) is 9.89. The van der Waals surface area contributed by atoms with Crippen molar-refractivity contribution in [2.24, 2.45) is 0 Å². The lowest BCUT2D eigenvalue weighted by Crippen LogP contribution is -2.07. The van der Waals surface area contributed by atoms with Gasteiger partial charge in [-0.2, -0.15) is 8.42 Å². The molecule has 0 saturated heterocycles. The molecule has 0 aliphatic carbocycles. The Bertz CT molecular complexity index is 468. The third-order valence-electron chi connectivity index (χ3n) is 3.63. The van der Waals surface area contributed by atoms with Gasteiger partial charge >= 0.3 is 10.1 Å². The van der Waals surface area contributed by atoms with Crippen LogP contribution in [-0.4, -0.2) is 15.0 Å². The highest BCUT2D eigenvalue weighted by Gasteiger charge is 2.13. The first-order valence-electron chi connectivity index (χ1n) is 8.44. The number of unbranched alkanes of at least 4 members (excludes halogenated alkanes) is 9. The molecule has 0 aliphatic heterocycles. The monoisotopic (exact) mass is 324 g/mol. The molecule has 0 aliphatic rings. The van der Waals surface area contributed by atoms with Gasteiger partial charge in [-0.3, -0.25) is 4.18 Å². The van der Waals surface area contributed by atoms with Crippen molar-refractivity contribution in [1.29, 1.82) is 0 Å². The minimum Gasteiger partial charge on any atom is -0.266 e. The lowest BCUT2D eigenvalue weighted by Gasteiger charge is -2.04. The second-order valence-electron chi connectivity index (χ2n) is 5.62. The van der Waals surface area contributed by atoms with Crippen LogP contribution in [0.2, 0.25) is 0 Å². The van der Waals surface area contributed by atoms with Gasteiger partial charge in [0.05, 0.1) is 6.61 Å². The molecular formula is C18H28O3S. The molecule has 22 heavy (non-hydrogen) atoms. The molecule has 0 fully saturated rings. The van der Waals surface area contributed by atoms with E-state index >= 15 is 0 Å². The van der Waals surface area contributed by atoms with Gasteiger partial charge in [-0.15, -0.1) is 0 Å². The van der Waals surface area contributed by atoms with Crippen molar-refractivity contribution in [2.45, 2.75) is 76.0 Å². The summed E-state index contributed by atoms with van der Waals surface area (Å²) in [5, 5.41) is 0. The second kappa shape index (κ2) is 11.5. The van der Waals surface area contributed by atoms with Crippen molar-refractivity contribution in [3.8, 4) is 0 Å². The Labute approximate surface area is 136 Å².